The summed E-state index contributed by atoms with van der Waals surface area (Å²) in [5, 5.41) is 9.45. The number of primary amides is 1. The molecule has 3 heterocycles. The van der Waals surface area contributed by atoms with E-state index in [2.05, 4.69) is 41.2 Å². The lowest BCUT2D eigenvalue weighted by Crippen LogP contribution is -2.42. The van der Waals surface area contributed by atoms with Crippen LogP contribution in [0.5, 0.6) is 0 Å². The molecular weight excluding hydrogens is 464 g/mol. The summed E-state index contributed by atoms with van der Waals surface area (Å²) in [7, 11) is 0. The number of hydrogen-bond acceptors (Lipinski definition) is 4. The van der Waals surface area contributed by atoms with Crippen molar-refractivity contribution in [3.8, 4) is 23.1 Å². The van der Waals surface area contributed by atoms with Gasteiger partial charge in [-0.15, -0.1) is 0 Å². The van der Waals surface area contributed by atoms with Crippen molar-refractivity contribution in [1.29, 1.82) is 0 Å². The number of amides is 2. The highest BCUT2D eigenvalue weighted by molar-refractivity contribution is 6.00. The average Bonchev–Trinajstić information content (AvgIpc) is 3.27. The summed E-state index contributed by atoms with van der Waals surface area (Å²) in [6.07, 6.45) is 9.09. The summed E-state index contributed by atoms with van der Waals surface area (Å²) in [5.41, 5.74) is 11.2. The standard InChI is InChI=1S/C29H32N6O2/c1-3-5-25(36)33-11-10-29(18-33)13-24(14-29)35-19(2)26(28(30)37)27(32-35)23-15-31-34(17-23)16-20-6-4-7-22(12-20)21-8-9-21/h4,6-7,12,15,17,21,24H,8-11,13-14,16,18H2,1-2H3,(H2,30,37). The molecule has 8 heteroatoms. The Labute approximate surface area is 216 Å². The Morgan fingerprint density at radius 1 is 1.24 bits per heavy atom. The van der Waals surface area contributed by atoms with Gasteiger partial charge in [0.25, 0.3) is 11.8 Å². The van der Waals surface area contributed by atoms with Gasteiger partial charge in [0.15, 0.2) is 0 Å². The van der Waals surface area contributed by atoms with E-state index in [4.69, 9.17) is 10.8 Å². The van der Waals surface area contributed by atoms with Gasteiger partial charge in [-0.2, -0.15) is 10.2 Å². The van der Waals surface area contributed by atoms with Crippen molar-refractivity contribution in [3.05, 3.63) is 59.0 Å². The molecule has 2 amide bonds. The SMILES string of the molecule is CC#CC(=O)N1CCC2(CC(n3nc(-c4cnn(Cc5cccc(C6CC6)c5)c4)c(C(N)=O)c3C)C2)C1. The van der Waals surface area contributed by atoms with Crippen molar-refractivity contribution in [1.82, 2.24) is 24.5 Å². The van der Waals surface area contributed by atoms with Gasteiger partial charge >= 0.3 is 0 Å². The first-order chi connectivity index (χ1) is 17.9. The molecular formula is C29H32N6O2. The maximum atomic E-state index is 12.5. The summed E-state index contributed by atoms with van der Waals surface area (Å²) < 4.78 is 3.86. The van der Waals surface area contributed by atoms with E-state index >= 15 is 0 Å². The van der Waals surface area contributed by atoms with E-state index in [0.29, 0.717) is 23.7 Å². The molecule has 37 heavy (non-hydrogen) atoms. The molecule has 2 saturated carbocycles. The average molecular weight is 497 g/mol. The van der Waals surface area contributed by atoms with E-state index in [9.17, 15) is 9.59 Å². The Morgan fingerprint density at radius 3 is 2.78 bits per heavy atom. The summed E-state index contributed by atoms with van der Waals surface area (Å²) in [6.45, 7) is 5.75. The topological polar surface area (TPSA) is 99.0 Å². The Hall–Kier alpha value is -3.86. The smallest absolute Gasteiger partial charge is 0.298 e. The van der Waals surface area contributed by atoms with E-state index in [-0.39, 0.29) is 17.4 Å². The molecule has 1 spiro atoms. The number of carbonyl (C=O) groups is 2. The third-order valence-corrected chi connectivity index (χ3v) is 8.29. The van der Waals surface area contributed by atoms with Crippen molar-refractivity contribution >= 4 is 11.8 Å². The van der Waals surface area contributed by atoms with Gasteiger partial charge in [-0.25, -0.2) is 0 Å². The zero-order chi connectivity index (χ0) is 25.7. The fourth-order valence-electron chi connectivity index (χ4n) is 6.23. The Bertz CT molecular complexity index is 1440. The first-order valence-corrected chi connectivity index (χ1v) is 13.1. The van der Waals surface area contributed by atoms with Gasteiger partial charge in [0.05, 0.1) is 24.3 Å². The van der Waals surface area contributed by atoms with E-state index < -0.39 is 5.91 Å². The molecule has 6 rings (SSSR count). The van der Waals surface area contributed by atoms with Gasteiger partial charge in [-0.05, 0) is 74.3 Å². The molecule has 0 unspecified atom stereocenters. The number of benzene rings is 1. The zero-order valence-corrected chi connectivity index (χ0v) is 21.4. The van der Waals surface area contributed by atoms with Gasteiger partial charge in [-0.1, -0.05) is 30.2 Å². The van der Waals surface area contributed by atoms with E-state index in [1.807, 2.05) is 27.4 Å². The molecule has 0 atom stereocenters. The normalized spacial score (nSPS) is 22.5. The molecule has 2 aromatic heterocycles. The molecule has 8 nitrogen and oxygen atoms in total. The van der Waals surface area contributed by atoms with Crippen molar-refractivity contribution in [2.45, 2.75) is 64.5 Å². The van der Waals surface area contributed by atoms with Crippen LogP contribution >= 0.6 is 0 Å². The molecule has 1 saturated heterocycles. The van der Waals surface area contributed by atoms with Gasteiger partial charge < -0.3 is 10.6 Å². The van der Waals surface area contributed by atoms with Crippen molar-refractivity contribution < 1.29 is 9.59 Å². The molecule has 0 radical (unpaired) electrons. The lowest BCUT2D eigenvalue weighted by molar-refractivity contribution is -0.125. The molecule has 1 aliphatic heterocycles. The van der Waals surface area contributed by atoms with Crippen molar-refractivity contribution in [3.63, 3.8) is 0 Å². The second-order valence-corrected chi connectivity index (χ2v) is 11.0. The second kappa shape index (κ2) is 8.91. The van der Waals surface area contributed by atoms with E-state index in [0.717, 1.165) is 43.6 Å². The minimum absolute atomic E-state index is 0.0901. The number of carbonyl (C=O) groups excluding carboxylic acids is 2. The molecule has 190 valence electrons. The number of nitrogens with zero attached hydrogens (tertiary/aromatic N) is 5. The highest BCUT2D eigenvalue weighted by Gasteiger charge is 2.50. The van der Waals surface area contributed by atoms with Crippen LogP contribution in [0.4, 0.5) is 0 Å². The Balaban J connectivity index is 1.20. The van der Waals surface area contributed by atoms with Crippen LogP contribution in [0.15, 0.2) is 36.7 Å². The number of likely N-dealkylation sites (tertiary alicyclic amines) is 1. The number of hydrogen-bond donors (Lipinski definition) is 1. The number of rotatable bonds is 6. The third-order valence-electron chi connectivity index (χ3n) is 8.29. The Morgan fingerprint density at radius 2 is 2.05 bits per heavy atom. The maximum absolute atomic E-state index is 12.5. The largest absolute Gasteiger partial charge is 0.365 e. The summed E-state index contributed by atoms with van der Waals surface area (Å²) in [6, 6.07) is 8.89. The molecule has 2 aliphatic carbocycles. The van der Waals surface area contributed by atoms with Crippen molar-refractivity contribution in [2.75, 3.05) is 13.1 Å². The van der Waals surface area contributed by atoms with E-state index in [1.165, 1.54) is 24.0 Å². The predicted octanol–water partition coefficient (Wildman–Crippen LogP) is 3.66. The van der Waals surface area contributed by atoms with Crippen LogP contribution in [0.2, 0.25) is 0 Å². The molecule has 1 aromatic carbocycles. The van der Waals surface area contributed by atoms with Gasteiger partial charge in [-0.3, -0.25) is 19.0 Å². The van der Waals surface area contributed by atoms with Crippen molar-refractivity contribution in [2.24, 2.45) is 11.1 Å². The molecule has 2 N–H and O–H groups in total. The zero-order valence-electron chi connectivity index (χ0n) is 21.4. The van der Waals surface area contributed by atoms with Gasteiger partial charge in [0, 0.05) is 30.5 Å². The fraction of sp³-hybridized carbons (Fsp3) is 0.448. The third kappa shape index (κ3) is 4.33. The summed E-state index contributed by atoms with van der Waals surface area (Å²) in [4.78, 5) is 26.5. The minimum atomic E-state index is -0.478. The second-order valence-electron chi connectivity index (χ2n) is 11.0. The van der Waals surface area contributed by atoms with Crippen LogP contribution in [0.3, 0.4) is 0 Å². The summed E-state index contributed by atoms with van der Waals surface area (Å²) >= 11 is 0. The number of aromatic nitrogens is 4. The highest BCUT2D eigenvalue weighted by Crippen LogP contribution is 2.54. The lowest BCUT2D eigenvalue weighted by atomic mass is 9.65. The predicted molar refractivity (Wildman–Crippen MR) is 140 cm³/mol. The molecule has 3 aromatic rings. The molecule has 3 aliphatic rings. The maximum Gasteiger partial charge on any atom is 0.298 e. The van der Waals surface area contributed by atoms with Gasteiger partial charge in [0.1, 0.15) is 5.69 Å². The Kier molecular flexibility index (Phi) is 5.67. The fourth-order valence-corrected chi connectivity index (χ4v) is 6.23. The van der Waals surface area contributed by atoms with Crippen LogP contribution in [-0.2, 0) is 11.3 Å². The highest BCUT2D eigenvalue weighted by atomic mass is 16.2. The van der Waals surface area contributed by atoms with Crippen LogP contribution in [0.1, 0.15) is 78.2 Å². The lowest BCUT2D eigenvalue weighted by Gasteiger charge is -2.45. The van der Waals surface area contributed by atoms with E-state index in [1.54, 1.807) is 13.1 Å². The molecule has 0 bridgehead atoms. The quantitative estimate of drug-likeness (QED) is 0.527. The number of nitrogens with two attached hydrogens (primary N) is 1. The first-order valence-electron chi connectivity index (χ1n) is 13.1. The van der Waals surface area contributed by atoms with Crippen LogP contribution in [-0.4, -0.2) is 49.4 Å². The van der Waals surface area contributed by atoms with Crippen LogP contribution in [0.25, 0.3) is 11.3 Å². The summed E-state index contributed by atoms with van der Waals surface area (Å²) in [5.74, 6) is 5.50. The first kappa shape index (κ1) is 23.5. The molecule has 3 fully saturated rings. The monoisotopic (exact) mass is 496 g/mol. The van der Waals surface area contributed by atoms with Gasteiger partial charge in [0.2, 0.25) is 0 Å². The van der Waals surface area contributed by atoms with Crippen LogP contribution in [0, 0.1) is 24.2 Å². The minimum Gasteiger partial charge on any atom is -0.365 e. The van der Waals surface area contributed by atoms with Crippen LogP contribution < -0.4 is 5.73 Å².